The van der Waals surface area contributed by atoms with E-state index in [-0.39, 0.29) is 5.69 Å². The smallest absolute Gasteiger partial charge is 0.290 e. The van der Waals surface area contributed by atoms with Crippen molar-refractivity contribution >= 4 is 23.5 Å². The molecular formula is C21H17N5O4. The minimum absolute atomic E-state index is 0.0231. The first-order chi connectivity index (χ1) is 14.4. The van der Waals surface area contributed by atoms with Crippen molar-refractivity contribution in [3.05, 3.63) is 87.6 Å². The number of carbonyl (C=O) groups excluding carboxylic acids is 1. The maximum atomic E-state index is 12.6. The number of fused-ring (bicyclic) bond motifs is 1. The van der Waals surface area contributed by atoms with Gasteiger partial charge in [-0.3, -0.25) is 19.3 Å². The maximum Gasteiger partial charge on any atom is 0.290 e. The number of aryl methyl sites for hydroxylation is 2. The zero-order valence-electron chi connectivity index (χ0n) is 16.2. The zero-order valence-corrected chi connectivity index (χ0v) is 16.2. The number of nitrogens with one attached hydrogen (secondary N) is 1. The number of imidazole rings is 1. The number of hydrogen-bond donors (Lipinski definition) is 1. The molecule has 1 aromatic carbocycles. The highest BCUT2D eigenvalue weighted by atomic mass is 16.6. The molecule has 150 valence electrons. The first-order valence-corrected chi connectivity index (χ1v) is 9.06. The van der Waals surface area contributed by atoms with Gasteiger partial charge in [-0.2, -0.15) is 5.10 Å². The summed E-state index contributed by atoms with van der Waals surface area (Å²) in [7, 11) is 0. The SMILES string of the molecule is Cc1ccc2nc(C)c(C(=O)N/N=C/c3ccc(-c4cccc([N+](=O)[O-])c4)o3)n2c1. The Balaban J connectivity index is 1.50. The van der Waals surface area contributed by atoms with Crippen molar-refractivity contribution < 1.29 is 14.1 Å². The number of hydrogen-bond acceptors (Lipinski definition) is 6. The normalized spacial score (nSPS) is 11.3. The van der Waals surface area contributed by atoms with Crippen LogP contribution in [0.1, 0.15) is 27.5 Å². The average Bonchev–Trinajstić information content (AvgIpc) is 3.31. The second-order valence-corrected chi connectivity index (χ2v) is 6.69. The highest BCUT2D eigenvalue weighted by Crippen LogP contribution is 2.25. The lowest BCUT2D eigenvalue weighted by molar-refractivity contribution is -0.384. The average molecular weight is 403 g/mol. The second-order valence-electron chi connectivity index (χ2n) is 6.69. The quantitative estimate of drug-likeness (QED) is 0.308. The van der Waals surface area contributed by atoms with Crippen molar-refractivity contribution in [2.75, 3.05) is 0 Å². The van der Waals surface area contributed by atoms with Crippen LogP contribution in [-0.4, -0.2) is 26.4 Å². The number of carbonyl (C=O) groups is 1. The van der Waals surface area contributed by atoms with Crippen LogP contribution < -0.4 is 5.43 Å². The molecule has 4 aromatic rings. The van der Waals surface area contributed by atoms with E-state index in [1.54, 1.807) is 35.6 Å². The number of rotatable bonds is 5. The minimum atomic E-state index is -0.464. The number of furan rings is 1. The molecule has 3 heterocycles. The zero-order chi connectivity index (χ0) is 21.3. The summed E-state index contributed by atoms with van der Waals surface area (Å²) in [6.07, 6.45) is 3.20. The van der Waals surface area contributed by atoms with E-state index in [1.807, 2.05) is 25.3 Å². The van der Waals surface area contributed by atoms with Gasteiger partial charge in [-0.05, 0) is 37.6 Å². The molecule has 0 unspecified atom stereocenters. The van der Waals surface area contributed by atoms with E-state index in [0.29, 0.717) is 34.1 Å². The topological polar surface area (TPSA) is 115 Å². The van der Waals surface area contributed by atoms with Gasteiger partial charge in [0, 0.05) is 23.9 Å². The Morgan fingerprint density at radius 3 is 2.87 bits per heavy atom. The first-order valence-electron chi connectivity index (χ1n) is 9.06. The fourth-order valence-corrected chi connectivity index (χ4v) is 3.10. The van der Waals surface area contributed by atoms with Crippen LogP contribution in [0.3, 0.4) is 0 Å². The number of pyridine rings is 1. The fraction of sp³-hybridized carbons (Fsp3) is 0.0952. The van der Waals surface area contributed by atoms with Gasteiger partial charge in [0.05, 0.1) is 16.8 Å². The molecule has 9 nitrogen and oxygen atoms in total. The molecule has 0 radical (unpaired) electrons. The highest BCUT2D eigenvalue weighted by molar-refractivity contribution is 5.95. The Morgan fingerprint density at radius 1 is 1.23 bits per heavy atom. The van der Waals surface area contributed by atoms with Gasteiger partial charge in [0.15, 0.2) is 0 Å². The van der Waals surface area contributed by atoms with E-state index in [4.69, 9.17) is 4.42 Å². The van der Waals surface area contributed by atoms with E-state index < -0.39 is 10.8 Å². The molecule has 0 fully saturated rings. The number of aromatic nitrogens is 2. The molecule has 0 aliphatic heterocycles. The molecule has 9 heteroatoms. The molecule has 0 saturated carbocycles. The van der Waals surface area contributed by atoms with Crippen LogP contribution in [0.25, 0.3) is 17.0 Å². The van der Waals surface area contributed by atoms with Crippen molar-refractivity contribution in [1.82, 2.24) is 14.8 Å². The van der Waals surface area contributed by atoms with Crippen molar-refractivity contribution in [2.45, 2.75) is 13.8 Å². The number of nitro groups is 1. The molecule has 1 N–H and O–H groups in total. The summed E-state index contributed by atoms with van der Waals surface area (Å²) < 4.78 is 7.37. The van der Waals surface area contributed by atoms with Crippen molar-refractivity contribution in [1.29, 1.82) is 0 Å². The van der Waals surface area contributed by atoms with Crippen molar-refractivity contribution in [3.63, 3.8) is 0 Å². The molecule has 3 aromatic heterocycles. The minimum Gasteiger partial charge on any atom is -0.455 e. The van der Waals surface area contributed by atoms with Gasteiger partial charge in [0.1, 0.15) is 22.9 Å². The Morgan fingerprint density at radius 2 is 2.07 bits per heavy atom. The van der Waals surface area contributed by atoms with Crippen molar-refractivity contribution in [3.8, 4) is 11.3 Å². The van der Waals surface area contributed by atoms with Crippen LogP contribution in [-0.2, 0) is 0 Å². The summed E-state index contributed by atoms with van der Waals surface area (Å²) in [5.74, 6) is 0.453. The van der Waals surface area contributed by atoms with Gasteiger partial charge in [-0.1, -0.05) is 18.2 Å². The fourth-order valence-electron chi connectivity index (χ4n) is 3.10. The molecule has 4 rings (SSSR count). The van der Waals surface area contributed by atoms with Crippen LogP contribution in [0.15, 0.2) is 64.2 Å². The van der Waals surface area contributed by atoms with Crippen LogP contribution >= 0.6 is 0 Å². The number of nitro benzene ring substituents is 1. The Kier molecular flexibility index (Phi) is 4.85. The van der Waals surface area contributed by atoms with E-state index >= 15 is 0 Å². The van der Waals surface area contributed by atoms with Crippen LogP contribution in [0.5, 0.6) is 0 Å². The summed E-state index contributed by atoms with van der Waals surface area (Å²) in [6, 6.07) is 13.3. The third-order valence-electron chi connectivity index (χ3n) is 4.48. The highest BCUT2D eigenvalue weighted by Gasteiger charge is 2.16. The third-order valence-corrected chi connectivity index (χ3v) is 4.48. The summed E-state index contributed by atoms with van der Waals surface area (Å²) in [6.45, 7) is 3.70. The molecule has 0 saturated heterocycles. The first kappa shape index (κ1) is 19.1. The van der Waals surface area contributed by atoms with Crippen molar-refractivity contribution in [2.24, 2.45) is 5.10 Å². The van der Waals surface area contributed by atoms with Gasteiger partial charge < -0.3 is 4.42 Å². The third kappa shape index (κ3) is 3.68. The molecule has 30 heavy (non-hydrogen) atoms. The Hall–Kier alpha value is -4.27. The van der Waals surface area contributed by atoms with Gasteiger partial charge in [-0.15, -0.1) is 0 Å². The van der Waals surface area contributed by atoms with Gasteiger partial charge in [0.25, 0.3) is 11.6 Å². The largest absolute Gasteiger partial charge is 0.455 e. The number of hydrazone groups is 1. The summed E-state index contributed by atoms with van der Waals surface area (Å²) in [4.78, 5) is 27.4. The van der Waals surface area contributed by atoms with E-state index in [2.05, 4.69) is 15.5 Å². The number of nitrogens with zero attached hydrogens (tertiary/aromatic N) is 4. The lowest BCUT2D eigenvalue weighted by Crippen LogP contribution is -2.20. The van der Waals surface area contributed by atoms with E-state index in [0.717, 1.165) is 5.56 Å². The summed E-state index contributed by atoms with van der Waals surface area (Å²) >= 11 is 0. The molecular weight excluding hydrogens is 386 g/mol. The van der Waals surface area contributed by atoms with Crippen LogP contribution in [0, 0.1) is 24.0 Å². The standard InChI is InChI=1S/C21H17N5O4/c1-13-6-9-19-23-14(2)20(25(19)12-13)21(27)24-22-11-17-7-8-18(30-17)15-4-3-5-16(10-15)26(28)29/h3-12H,1-2H3,(H,24,27)/b22-11+. The Bertz CT molecular complexity index is 1300. The number of non-ortho nitro benzene ring substituents is 1. The molecule has 0 aliphatic rings. The summed E-state index contributed by atoms with van der Waals surface area (Å²) in [5, 5.41) is 14.9. The molecule has 1 amide bonds. The second kappa shape index (κ2) is 7.63. The number of amides is 1. The lowest BCUT2D eigenvalue weighted by atomic mass is 10.1. The van der Waals surface area contributed by atoms with Gasteiger partial charge in [0.2, 0.25) is 0 Å². The Labute approximate surface area is 170 Å². The van der Waals surface area contributed by atoms with E-state index in [1.165, 1.54) is 18.3 Å². The monoisotopic (exact) mass is 403 g/mol. The molecule has 0 bridgehead atoms. The van der Waals surface area contributed by atoms with Crippen LogP contribution in [0.4, 0.5) is 5.69 Å². The predicted molar refractivity (Wildman–Crippen MR) is 111 cm³/mol. The maximum absolute atomic E-state index is 12.6. The predicted octanol–water partition coefficient (Wildman–Crippen LogP) is 3.88. The molecule has 0 spiro atoms. The molecule has 0 aliphatic carbocycles. The van der Waals surface area contributed by atoms with Gasteiger partial charge >= 0.3 is 0 Å². The lowest BCUT2D eigenvalue weighted by Gasteiger charge is -2.02. The van der Waals surface area contributed by atoms with Gasteiger partial charge in [-0.25, -0.2) is 10.4 Å². The van der Waals surface area contributed by atoms with E-state index in [9.17, 15) is 14.9 Å². The molecule has 0 atom stereocenters. The number of benzene rings is 1. The van der Waals surface area contributed by atoms with Crippen LogP contribution in [0.2, 0.25) is 0 Å². The summed E-state index contributed by atoms with van der Waals surface area (Å²) in [5.41, 5.74) is 5.71.